The van der Waals surface area contributed by atoms with E-state index >= 15 is 0 Å². The molecule has 5 nitrogen and oxygen atoms in total. The summed E-state index contributed by atoms with van der Waals surface area (Å²) in [5.74, 6) is -0.940. The zero-order valence-electron chi connectivity index (χ0n) is 13.2. The van der Waals surface area contributed by atoms with Crippen LogP contribution in [-0.4, -0.2) is 26.3 Å². The van der Waals surface area contributed by atoms with Gasteiger partial charge in [0.25, 0.3) is 11.8 Å². The Labute approximate surface area is 154 Å². The smallest absolute Gasteiger partial charge is 0.285 e. The highest BCUT2D eigenvalue weighted by Crippen LogP contribution is 2.31. The molecule has 2 N–H and O–H groups in total. The van der Waals surface area contributed by atoms with Crippen molar-refractivity contribution in [3.8, 4) is 5.75 Å². The van der Waals surface area contributed by atoms with Gasteiger partial charge in [0, 0.05) is 5.56 Å². The van der Waals surface area contributed by atoms with Crippen molar-refractivity contribution in [3.63, 3.8) is 0 Å². The molecule has 0 bridgehead atoms. The number of hydrogen-bond donors (Lipinski definition) is 2. The Morgan fingerprint density at radius 3 is 2.64 bits per heavy atom. The van der Waals surface area contributed by atoms with E-state index in [4.69, 9.17) is 12.2 Å². The van der Waals surface area contributed by atoms with Gasteiger partial charge in [-0.2, -0.15) is 5.01 Å². The van der Waals surface area contributed by atoms with Crippen LogP contribution in [0.2, 0.25) is 0 Å². The molecule has 1 aliphatic heterocycles. The highest BCUT2D eigenvalue weighted by Gasteiger charge is 2.33. The third-order valence-electron chi connectivity index (χ3n) is 3.49. The van der Waals surface area contributed by atoms with Gasteiger partial charge in [0.15, 0.2) is 4.32 Å². The second-order valence-corrected chi connectivity index (χ2v) is 7.09. The summed E-state index contributed by atoms with van der Waals surface area (Å²) in [6.45, 7) is 1.99. The first-order valence-corrected chi connectivity index (χ1v) is 8.61. The van der Waals surface area contributed by atoms with E-state index in [0.29, 0.717) is 4.91 Å². The Balaban J connectivity index is 1.77. The number of hydrazine groups is 1. The molecule has 0 spiro atoms. The molecule has 3 rings (SSSR count). The first-order valence-electron chi connectivity index (χ1n) is 7.39. The van der Waals surface area contributed by atoms with E-state index in [2.05, 4.69) is 5.43 Å². The number of aromatic hydroxyl groups is 1. The van der Waals surface area contributed by atoms with Crippen molar-refractivity contribution in [2.24, 2.45) is 0 Å². The SMILES string of the molecule is Cc1ccc(C=C2SC(=S)N(NC(=O)c3cccc(O)c3)C2=O)cc1. The van der Waals surface area contributed by atoms with Crippen LogP contribution in [0.5, 0.6) is 5.75 Å². The van der Waals surface area contributed by atoms with E-state index in [1.807, 2.05) is 31.2 Å². The van der Waals surface area contributed by atoms with Crippen LogP contribution in [-0.2, 0) is 4.79 Å². The number of rotatable bonds is 3. The van der Waals surface area contributed by atoms with Crippen LogP contribution >= 0.6 is 24.0 Å². The maximum atomic E-state index is 12.5. The van der Waals surface area contributed by atoms with Crippen LogP contribution in [0.4, 0.5) is 0 Å². The van der Waals surface area contributed by atoms with Crippen molar-refractivity contribution in [3.05, 3.63) is 70.1 Å². The third kappa shape index (κ3) is 3.89. The number of benzene rings is 2. The maximum absolute atomic E-state index is 12.5. The number of aryl methyl sites for hydroxylation is 1. The molecule has 0 saturated carbocycles. The van der Waals surface area contributed by atoms with Crippen molar-refractivity contribution in [1.82, 2.24) is 10.4 Å². The molecular weight excluding hydrogens is 356 g/mol. The van der Waals surface area contributed by atoms with Crippen LogP contribution in [0.15, 0.2) is 53.4 Å². The van der Waals surface area contributed by atoms with Crippen molar-refractivity contribution < 1.29 is 14.7 Å². The van der Waals surface area contributed by atoms with E-state index in [1.54, 1.807) is 12.1 Å². The van der Waals surface area contributed by atoms with Gasteiger partial charge in [-0.1, -0.05) is 47.7 Å². The fraction of sp³-hybridized carbons (Fsp3) is 0.0556. The molecule has 0 unspecified atom stereocenters. The molecule has 2 aromatic rings. The minimum Gasteiger partial charge on any atom is -0.508 e. The number of thioether (sulfide) groups is 1. The summed E-state index contributed by atoms with van der Waals surface area (Å²) >= 11 is 6.31. The molecule has 1 saturated heterocycles. The van der Waals surface area contributed by atoms with Gasteiger partial charge in [0.05, 0.1) is 4.91 Å². The average Bonchev–Trinajstić information content (AvgIpc) is 2.84. The van der Waals surface area contributed by atoms with Gasteiger partial charge in [-0.05, 0) is 49.0 Å². The number of nitrogens with zero attached hydrogens (tertiary/aromatic N) is 1. The Morgan fingerprint density at radius 1 is 1.24 bits per heavy atom. The summed E-state index contributed by atoms with van der Waals surface area (Å²) in [6, 6.07) is 13.6. The fourth-order valence-corrected chi connectivity index (χ4v) is 3.37. The summed E-state index contributed by atoms with van der Waals surface area (Å²) < 4.78 is 0.247. The quantitative estimate of drug-likeness (QED) is 0.641. The summed E-state index contributed by atoms with van der Waals surface area (Å²) in [5, 5.41) is 10.5. The lowest BCUT2D eigenvalue weighted by atomic mass is 10.1. The largest absolute Gasteiger partial charge is 0.508 e. The monoisotopic (exact) mass is 370 g/mol. The molecule has 0 aliphatic carbocycles. The Bertz CT molecular complexity index is 891. The second kappa shape index (κ2) is 7.08. The van der Waals surface area contributed by atoms with Gasteiger partial charge in [0.2, 0.25) is 0 Å². The van der Waals surface area contributed by atoms with Gasteiger partial charge < -0.3 is 5.11 Å². The van der Waals surface area contributed by atoms with Crippen LogP contribution in [0.3, 0.4) is 0 Å². The number of phenolic OH excluding ortho intramolecular Hbond substituents is 1. The highest BCUT2D eigenvalue weighted by molar-refractivity contribution is 8.26. The molecule has 0 aromatic heterocycles. The van der Waals surface area contributed by atoms with Gasteiger partial charge in [-0.25, -0.2) is 0 Å². The number of thiocarbonyl (C=S) groups is 1. The number of nitrogens with one attached hydrogen (secondary N) is 1. The lowest BCUT2D eigenvalue weighted by Gasteiger charge is -2.15. The number of hydrogen-bond acceptors (Lipinski definition) is 5. The van der Waals surface area contributed by atoms with E-state index < -0.39 is 5.91 Å². The topological polar surface area (TPSA) is 69.6 Å². The van der Waals surface area contributed by atoms with E-state index in [-0.39, 0.29) is 21.5 Å². The predicted octanol–water partition coefficient (Wildman–Crippen LogP) is 3.25. The molecule has 7 heteroatoms. The standard InChI is InChI=1S/C18H14N2O3S2/c1-11-5-7-12(8-6-11)9-15-17(23)20(18(24)25-15)19-16(22)13-3-2-4-14(21)10-13/h2-10,21H,1H3,(H,19,22). The summed E-state index contributed by atoms with van der Waals surface area (Å²) in [7, 11) is 0. The van der Waals surface area contributed by atoms with Crippen LogP contribution < -0.4 is 5.43 Å². The van der Waals surface area contributed by atoms with Gasteiger partial charge in [-0.3, -0.25) is 15.0 Å². The number of amides is 2. The molecular formula is C18H14N2O3S2. The average molecular weight is 370 g/mol. The molecule has 2 amide bonds. The molecule has 0 radical (unpaired) electrons. The number of carbonyl (C=O) groups excluding carboxylic acids is 2. The van der Waals surface area contributed by atoms with Crippen LogP contribution in [0.25, 0.3) is 6.08 Å². The Kier molecular flexibility index (Phi) is 4.87. The fourth-order valence-electron chi connectivity index (χ4n) is 2.19. The number of phenols is 1. The molecule has 1 aliphatic rings. The first-order chi connectivity index (χ1) is 11.9. The van der Waals surface area contributed by atoms with Crippen molar-refractivity contribution in [2.45, 2.75) is 6.92 Å². The Hall–Kier alpha value is -2.64. The highest BCUT2D eigenvalue weighted by atomic mass is 32.2. The molecule has 1 heterocycles. The van der Waals surface area contributed by atoms with Crippen LogP contribution in [0.1, 0.15) is 21.5 Å². The van der Waals surface area contributed by atoms with Crippen molar-refractivity contribution >= 4 is 46.2 Å². The van der Waals surface area contributed by atoms with E-state index in [1.165, 1.54) is 18.2 Å². The zero-order chi connectivity index (χ0) is 18.0. The minimum atomic E-state index is -0.524. The lowest BCUT2D eigenvalue weighted by molar-refractivity contribution is -0.123. The van der Waals surface area contributed by atoms with Crippen molar-refractivity contribution in [1.29, 1.82) is 0 Å². The zero-order valence-corrected chi connectivity index (χ0v) is 14.9. The maximum Gasteiger partial charge on any atom is 0.285 e. The summed E-state index contributed by atoms with van der Waals surface area (Å²) in [6.07, 6.45) is 1.74. The molecule has 0 atom stereocenters. The molecule has 126 valence electrons. The Morgan fingerprint density at radius 2 is 1.96 bits per heavy atom. The first kappa shape index (κ1) is 17.2. The van der Waals surface area contributed by atoms with Crippen molar-refractivity contribution in [2.75, 3.05) is 0 Å². The number of carbonyl (C=O) groups is 2. The third-order valence-corrected chi connectivity index (χ3v) is 4.79. The lowest BCUT2D eigenvalue weighted by Crippen LogP contribution is -2.44. The summed E-state index contributed by atoms with van der Waals surface area (Å²) in [5.41, 5.74) is 4.72. The molecule has 2 aromatic carbocycles. The van der Waals surface area contributed by atoms with Crippen LogP contribution in [0, 0.1) is 6.92 Å². The predicted molar refractivity (Wildman–Crippen MR) is 102 cm³/mol. The molecule has 1 fully saturated rings. The minimum absolute atomic E-state index is 0.0303. The summed E-state index contributed by atoms with van der Waals surface area (Å²) in [4.78, 5) is 25.2. The van der Waals surface area contributed by atoms with Gasteiger partial charge in [0.1, 0.15) is 5.75 Å². The second-order valence-electron chi connectivity index (χ2n) is 5.42. The van der Waals surface area contributed by atoms with Gasteiger partial charge >= 0.3 is 0 Å². The van der Waals surface area contributed by atoms with E-state index in [9.17, 15) is 14.7 Å². The van der Waals surface area contributed by atoms with E-state index in [0.717, 1.165) is 27.9 Å². The normalized spacial score (nSPS) is 15.7. The molecule has 25 heavy (non-hydrogen) atoms. The van der Waals surface area contributed by atoms with Gasteiger partial charge in [-0.15, -0.1) is 0 Å².